The van der Waals surface area contributed by atoms with Crippen molar-refractivity contribution in [1.82, 2.24) is 0 Å². The third-order valence-electron chi connectivity index (χ3n) is 2.12. The monoisotopic (exact) mass is 282 g/mol. The normalized spacial score (nSPS) is 13.1. The van der Waals surface area contributed by atoms with Crippen molar-refractivity contribution in [2.24, 2.45) is 0 Å². The second-order valence-corrected chi connectivity index (χ2v) is 3.54. The van der Waals surface area contributed by atoms with Crippen molar-refractivity contribution in [3.63, 3.8) is 0 Å². The van der Waals surface area contributed by atoms with Crippen LogP contribution in [0.1, 0.15) is 5.56 Å². The van der Waals surface area contributed by atoms with Crippen molar-refractivity contribution in [3.05, 3.63) is 29.6 Å². The fourth-order valence-corrected chi connectivity index (χ4v) is 1.27. The number of hydrogen-bond acceptors (Lipinski definition) is 3. The summed E-state index contributed by atoms with van der Waals surface area (Å²) in [5.41, 5.74) is -1.52. The molecule has 0 aliphatic carbocycles. The molecule has 106 valence electrons. The molecular weight excluding hydrogens is 272 g/mol. The van der Waals surface area contributed by atoms with Crippen molar-refractivity contribution in [1.29, 1.82) is 0 Å². The highest BCUT2D eigenvalue weighted by atomic mass is 19.4. The molecule has 1 unspecified atom stereocenters. The minimum Gasteiger partial charge on any atom is -0.478 e. The number of alkyl halides is 3. The first-order chi connectivity index (χ1) is 8.75. The van der Waals surface area contributed by atoms with Gasteiger partial charge in [-0.2, -0.15) is 13.2 Å². The summed E-state index contributed by atoms with van der Waals surface area (Å²) in [6.07, 6.45) is -6.36. The highest BCUT2D eigenvalue weighted by Crippen LogP contribution is 2.33. The number of carboxylic acids is 1. The lowest BCUT2D eigenvalue weighted by molar-refractivity contribution is -0.147. The molecule has 0 heterocycles. The summed E-state index contributed by atoms with van der Waals surface area (Å²) in [7, 11) is 1.21. The molecule has 1 N–H and O–H groups in total. The van der Waals surface area contributed by atoms with Crippen LogP contribution in [0.5, 0.6) is 5.75 Å². The minimum atomic E-state index is -4.89. The van der Waals surface area contributed by atoms with E-state index in [-0.39, 0.29) is 6.61 Å². The van der Waals surface area contributed by atoms with Gasteiger partial charge in [0.05, 0.1) is 12.2 Å². The molecule has 0 aliphatic heterocycles. The summed E-state index contributed by atoms with van der Waals surface area (Å²) in [5, 5.41) is 8.75. The topological polar surface area (TPSA) is 55.8 Å². The molecule has 4 nitrogen and oxygen atoms in total. The van der Waals surface area contributed by atoms with Gasteiger partial charge < -0.3 is 14.6 Å². The number of carbonyl (C=O) groups is 1. The van der Waals surface area contributed by atoms with E-state index in [2.05, 4.69) is 4.74 Å². The van der Waals surface area contributed by atoms with Crippen LogP contribution in [0.25, 0.3) is 0 Å². The predicted molar refractivity (Wildman–Crippen MR) is 55.3 cm³/mol. The van der Waals surface area contributed by atoms with E-state index in [4.69, 9.17) is 9.84 Å². The highest BCUT2D eigenvalue weighted by molar-refractivity contribution is 5.72. The average Bonchev–Trinajstić information content (AvgIpc) is 2.29. The fourth-order valence-electron chi connectivity index (χ4n) is 1.27. The zero-order chi connectivity index (χ0) is 14.6. The average molecular weight is 282 g/mol. The third kappa shape index (κ3) is 4.09. The van der Waals surface area contributed by atoms with Crippen LogP contribution >= 0.6 is 0 Å². The maximum Gasteiger partial charge on any atom is 0.419 e. The fraction of sp³-hybridized carbons (Fsp3) is 0.364. The lowest BCUT2D eigenvalue weighted by Crippen LogP contribution is -2.31. The van der Waals surface area contributed by atoms with Crippen molar-refractivity contribution in [3.8, 4) is 5.75 Å². The number of carboxylic acid groups (broad SMARTS) is 1. The Morgan fingerprint density at radius 3 is 2.53 bits per heavy atom. The first-order valence-electron chi connectivity index (χ1n) is 5.01. The molecule has 1 aromatic rings. The molecule has 1 atom stereocenters. The van der Waals surface area contributed by atoms with Gasteiger partial charge in [0.1, 0.15) is 11.6 Å². The van der Waals surface area contributed by atoms with Gasteiger partial charge in [-0.15, -0.1) is 0 Å². The number of benzene rings is 1. The van der Waals surface area contributed by atoms with E-state index < -0.39 is 35.4 Å². The maximum atomic E-state index is 13.0. The smallest absolute Gasteiger partial charge is 0.419 e. The summed E-state index contributed by atoms with van der Waals surface area (Å²) < 4.78 is 59.7. The van der Waals surface area contributed by atoms with Crippen LogP contribution in [-0.2, 0) is 15.7 Å². The molecule has 1 aromatic carbocycles. The van der Waals surface area contributed by atoms with Gasteiger partial charge in [0.25, 0.3) is 0 Å². The van der Waals surface area contributed by atoms with Gasteiger partial charge in [0.15, 0.2) is 0 Å². The van der Waals surface area contributed by atoms with Crippen LogP contribution in [0, 0.1) is 5.82 Å². The SMILES string of the molecule is COCC(Oc1ccc(F)c(C(F)(F)F)c1)C(=O)O. The Morgan fingerprint density at radius 2 is 2.05 bits per heavy atom. The van der Waals surface area contributed by atoms with E-state index in [1.165, 1.54) is 7.11 Å². The van der Waals surface area contributed by atoms with E-state index in [1.807, 2.05) is 0 Å². The van der Waals surface area contributed by atoms with E-state index in [0.29, 0.717) is 12.1 Å². The standard InChI is InChI=1S/C11H10F4O4/c1-18-5-9(10(16)17)19-6-2-3-8(12)7(4-6)11(13,14)15/h2-4,9H,5H2,1H3,(H,16,17). The van der Waals surface area contributed by atoms with Gasteiger partial charge in [-0.25, -0.2) is 9.18 Å². The van der Waals surface area contributed by atoms with Gasteiger partial charge in [-0.1, -0.05) is 0 Å². The Bertz CT molecular complexity index is 458. The molecule has 0 saturated heterocycles. The number of methoxy groups -OCH3 is 1. The highest BCUT2D eigenvalue weighted by Gasteiger charge is 2.34. The molecule has 0 amide bonds. The molecule has 0 bridgehead atoms. The Morgan fingerprint density at radius 1 is 1.42 bits per heavy atom. The Kier molecular flexibility index (Phi) is 4.71. The Hall–Kier alpha value is -1.83. The predicted octanol–water partition coefficient (Wildman–Crippen LogP) is 2.32. The quantitative estimate of drug-likeness (QED) is 0.842. The number of ether oxygens (including phenoxy) is 2. The second-order valence-electron chi connectivity index (χ2n) is 3.54. The van der Waals surface area contributed by atoms with E-state index >= 15 is 0 Å². The van der Waals surface area contributed by atoms with E-state index in [9.17, 15) is 22.4 Å². The van der Waals surface area contributed by atoms with Crippen molar-refractivity contribution in [2.45, 2.75) is 12.3 Å². The minimum absolute atomic E-state index is 0.353. The van der Waals surface area contributed by atoms with E-state index in [1.54, 1.807) is 0 Å². The molecule has 1 rings (SSSR count). The summed E-state index contributed by atoms with van der Waals surface area (Å²) in [4.78, 5) is 10.7. The Balaban J connectivity index is 2.99. The largest absolute Gasteiger partial charge is 0.478 e. The maximum absolute atomic E-state index is 13.0. The first-order valence-corrected chi connectivity index (χ1v) is 5.01. The number of halogens is 4. The molecule has 0 radical (unpaired) electrons. The number of hydrogen-bond donors (Lipinski definition) is 1. The molecule has 19 heavy (non-hydrogen) atoms. The summed E-state index contributed by atoms with van der Waals surface area (Å²) in [6, 6.07) is 1.88. The van der Waals surface area contributed by atoms with Crippen molar-refractivity contribution in [2.75, 3.05) is 13.7 Å². The van der Waals surface area contributed by atoms with Gasteiger partial charge in [-0.3, -0.25) is 0 Å². The molecule has 0 aromatic heterocycles. The van der Waals surface area contributed by atoms with Gasteiger partial charge in [0.2, 0.25) is 6.10 Å². The third-order valence-corrected chi connectivity index (χ3v) is 2.12. The molecule has 0 aliphatic rings. The molecular formula is C11H10F4O4. The van der Waals surface area contributed by atoms with Crippen LogP contribution in [0.4, 0.5) is 17.6 Å². The number of aliphatic carboxylic acids is 1. The summed E-state index contributed by atoms with van der Waals surface area (Å²) >= 11 is 0. The van der Waals surface area contributed by atoms with Crippen LogP contribution in [0.3, 0.4) is 0 Å². The molecule has 0 spiro atoms. The molecule has 8 heteroatoms. The van der Waals surface area contributed by atoms with Crippen LogP contribution < -0.4 is 4.74 Å². The lowest BCUT2D eigenvalue weighted by Gasteiger charge is -2.15. The second kappa shape index (κ2) is 5.87. The van der Waals surface area contributed by atoms with E-state index in [0.717, 1.165) is 6.07 Å². The molecule has 0 saturated carbocycles. The van der Waals surface area contributed by atoms with Crippen LogP contribution in [-0.4, -0.2) is 30.9 Å². The first kappa shape index (κ1) is 15.2. The van der Waals surface area contributed by atoms with Gasteiger partial charge in [0, 0.05) is 7.11 Å². The summed E-state index contributed by atoms with van der Waals surface area (Å²) in [5.74, 6) is -3.27. The summed E-state index contributed by atoms with van der Waals surface area (Å²) in [6.45, 7) is -0.353. The van der Waals surface area contributed by atoms with Gasteiger partial charge >= 0.3 is 12.1 Å². The van der Waals surface area contributed by atoms with Gasteiger partial charge in [-0.05, 0) is 18.2 Å². The lowest BCUT2D eigenvalue weighted by atomic mass is 10.2. The Labute approximate surface area is 105 Å². The number of rotatable bonds is 5. The molecule has 0 fully saturated rings. The van der Waals surface area contributed by atoms with Crippen LogP contribution in [0.15, 0.2) is 18.2 Å². The van der Waals surface area contributed by atoms with Crippen molar-refractivity contribution < 1.29 is 36.9 Å². The van der Waals surface area contributed by atoms with Crippen LogP contribution in [0.2, 0.25) is 0 Å². The zero-order valence-electron chi connectivity index (χ0n) is 9.70. The zero-order valence-corrected chi connectivity index (χ0v) is 9.70. The van der Waals surface area contributed by atoms with Crippen molar-refractivity contribution >= 4 is 5.97 Å².